The van der Waals surface area contributed by atoms with Crippen molar-refractivity contribution in [3.63, 3.8) is 0 Å². The third kappa shape index (κ3) is 5.66. The Hall–Kier alpha value is -7.62. The maximum atomic E-state index is 2.48. The number of aromatic nitrogens is 2. The third-order valence-corrected chi connectivity index (χ3v) is 12.6. The number of nitrogens with zero attached hydrogens (tertiary/aromatic N) is 3. The van der Waals surface area contributed by atoms with E-state index in [-0.39, 0.29) is 0 Å². The molecule has 3 nitrogen and oxygen atoms in total. The second kappa shape index (κ2) is 14.0. The molecule has 1 aliphatic heterocycles. The first-order chi connectivity index (χ1) is 29.7. The molecule has 11 aromatic rings. The molecule has 1 aliphatic rings. The fraction of sp³-hybridized carbons (Fsp3) is 0.0526. The van der Waals surface area contributed by atoms with E-state index in [0.717, 1.165) is 25.1 Å². The van der Waals surface area contributed by atoms with E-state index in [1.54, 1.807) is 0 Å². The molecule has 0 atom stereocenters. The predicted octanol–water partition coefficient (Wildman–Crippen LogP) is 15.0. The Labute approximate surface area is 349 Å². The summed E-state index contributed by atoms with van der Waals surface area (Å²) in [4.78, 5) is 2.48. The highest BCUT2D eigenvalue weighted by Crippen LogP contribution is 2.41. The molecule has 0 radical (unpaired) electrons. The van der Waals surface area contributed by atoms with Crippen LogP contribution in [0.15, 0.2) is 212 Å². The number of para-hydroxylation sites is 3. The molecular weight excluding hydrogens is 727 g/mol. The molecule has 0 N–H and O–H groups in total. The topological polar surface area (TPSA) is 13.1 Å². The molecule has 60 heavy (non-hydrogen) atoms. The lowest BCUT2D eigenvalue weighted by Crippen LogP contribution is -2.24. The van der Waals surface area contributed by atoms with Gasteiger partial charge >= 0.3 is 0 Å². The van der Waals surface area contributed by atoms with E-state index >= 15 is 0 Å². The Balaban J connectivity index is 0.842. The summed E-state index contributed by atoms with van der Waals surface area (Å²) in [6, 6.07) is 77.9. The van der Waals surface area contributed by atoms with Gasteiger partial charge in [0.15, 0.2) is 0 Å². The zero-order chi connectivity index (χ0) is 39.6. The van der Waals surface area contributed by atoms with E-state index in [0.29, 0.717) is 0 Å². The summed E-state index contributed by atoms with van der Waals surface area (Å²) in [6.07, 6.45) is 2.27. The van der Waals surface area contributed by atoms with Crippen molar-refractivity contribution in [2.24, 2.45) is 0 Å². The van der Waals surface area contributed by atoms with Gasteiger partial charge in [-0.05, 0) is 125 Å². The molecule has 12 rings (SSSR count). The van der Waals surface area contributed by atoms with Gasteiger partial charge in [-0.2, -0.15) is 0 Å². The van der Waals surface area contributed by atoms with Gasteiger partial charge in [0, 0.05) is 50.8 Å². The van der Waals surface area contributed by atoms with E-state index in [2.05, 4.69) is 226 Å². The van der Waals surface area contributed by atoms with E-state index < -0.39 is 0 Å². The Bertz CT molecular complexity index is 3360. The molecule has 0 spiro atoms. The van der Waals surface area contributed by atoms with Crippen LogP contribution in [0.1, 0.15) is 12.0 Å². The van der Waals surface area contributed by atoms with Gasteiger partial charge < -0.3 is 14.0 Å². The molecule has 9 aromatic carbocycles. The second-order valence-electron chi connectivity index (χ2n) is 16.1. The quantitative estimate of drug-likeness (QED) is 0.164. The highest BCUT2D eigenvalue weighted by molar-refractivity contribution is 6.19. The molecule has 284 valence electrons. The van der Waals surface area contributed by atoms with Crippen LogP contribution in [-0.2, 0) is 6.42 Å². The van der Waals surface area contributed by atoms with Gasteiger partial charge in [0.25, 0.3) is 0 Å². The fourth-order valence-electron chi connectivity index (χ4n) is 9.73. The minimum absolute atomic E-state index is 1.03. The molecule has 0 amide bonds. The summed E-state index contributed by atoms with van der Waals surface area (Å²) < 4.78 is 4.83. The first kappa shape index (κ1) is 34.4. The Morgan fingerprint density at radius 1 is 0.300 bits per heavy atom. The lowest BCUT2D eigenvalue weighted by Gasteiger charge is -2.32. The zero-order valence-corrected chi connectivity index (χ0v) is 33.2. The van der Waals surface area contributed by atoms with Crippen molar-refractivity contribution >= 4 is 55.0 Å². The lowest BCUT2D eigenvalue weighted by molar-refractivity contribution is 0.767. The van der Waals surface area contributed by atoms with Gasteiger partial charge in [0.2, 0.25) is 0 Å². The number of rotatable bonds is 6. The molecule has 0 unspecified atom stereocenters. The number of anilines is 2. The van der Waals surface area contributed by atoms with Crippen LogP contribution in [0.25, 0.3) is 88.4 Å². The zero-order valence-electron chi connectivity index (χ0n) is 33.2. The van der Waals surface area contributed by atoms with Gasteiger partial charge in [-0.1, -0.05) is 140 Å². The summed E-state index contributed by atoms with van der Waals surface area (Å²) in [5, 5.41) is 5.02. The van der Waals surface area contributed by atoms with E-state index in [1.165, 1.54) is 99.6 Å². The van der Waals surface area contributed by atoms with Crippen molar-refractivity contribution in [2.75, 3.05) is 11.4 Å². The van der Waals surface area contributed by atoms with Crippen LogP contribution < -0.4 is 4.90 Å². The molecule has 0 saturated carbocycles. The molecule has 0 saturated heterocycles. The fourth-order valence-corrected chi connectivity index (χ4v) is 9.73. The maximum Gasteiger partial charge on any atom is 0.0548 e. The average molecular weight is 768 g/mol. The summed E-state index contributed by atoms with van der Waals surface area (Å²) in [5.41, 5.74) is 18.6. The van der Waals surface area contributed by atoms with Crippen molar-refractivity contribution in [1.82, 2.24) is 9.13 Å². The van der Waals surface area contributed by atoms with Crippen molar-refractivity contribution in [3.05, 3.63) is 218 Å². The number of fused-ring (bicyclic) bond motifs is 7. The predicted molar refractivity (Wildman–Crippen MR) is 253 cm³/mol. The van der Waals surface area contributed by atoms with Crippen LogP contribution in [0.3, 0.4) is 0 Å². The number of benzene rings is 9. The number of hydrogen-bond donors (Lipinski definition) is 0. The average Bonchev–Trinajstić information content (AvgIpc) is 3.83. The Morgan fingerprint density at radius 2 is 0.733 bits per heavy atom. The summed E-state index contributed by atoms with van der Waals surface area (Å²) in [5.74, 6) is 0. The molecule has 3 heterocycles. The van der Waals surface area contributed by atoms with E-state index in [4.69, 9.17) is 0 Å². The molecule has 0 fully saturated rings. The van der Waals surface area contributed by atoms with Crippen LogP contribution in [-0.4, -0.2) is 15.7 Å². The molecule has 0 aliphatic carbocycles. The number of aryl methyl sites for hydroxylation is 1. The minimum Gasteiger partial charge on any atom is -0.341 e. The summed E-state index contributed by atoms with van der Waals surface area (Å²) in [7, 11) is 0. The summed E-state index contributed by atoms with van der Waals surface area (Å²) >= 11 is 0. The Kier molecular flexibility index (Phi) is 8.05. The van der Waals surface area contributed by atoms with Gasteiger partial charge in [-0.25, -0.2) is 0 Å². The second-order valence-corrected chi connectivity index (χ2v) is 16.1. The maximum absolute atomic E-state index is 2.48. The lowest BCUT2D eigenvalue weighted by atomic mass is 9.95. The van der Waals surface area contributed by atoms with Crippen molar-refractivity contribution < 1.29 is 0 Å². The SMILES string of the molecule is c1ccc(-c2ccc3c(c2)CCCN3c2ccc(-c3ccc(-c4ccc(-n5c6ccccc6c6cc7c(cc65)c5ccccc5n7-c5ccccc5)cc4)cc3)cc2)cc1. The van der Waals surface area contributed by atoms with E-state index in [9.17, 15) is 0 Å². The van der Waals surface area contributed by atoms with Gasteiger partial charge in [0.05, 0.1) is 22.1 Å². The van der Waals surface area contributed by atoms with Crippen LogP contribution >= 0.6 is 0 Å². The van der Waals surface area contributed by atoms with Crippen LogP contribution in [0.5, 0.6) is 0 Å². The highest BCUT2D eigenvalue weighted by atomic mass is 15.1. The van der Waals surface area contributed by atoms with Crippen molar-refractivity contribution in [1.29, 1.82) is 0 Å². The van der Waals surface area contributed by atoms with Crippen molar-refractivity contribution in [3.8, 4) is 44.8 Å². The van der Waals surface area contributed by atoms with Crippen molar-refractivity contribution in [2.45, 2.75) is 12.8 Å². The standard InChI is InChI=1S/C57H41N3/c1-3-12-39(13-4-1)44-29-34-53-45(36-44)14-11-35-58(53)46-30-25-42(26-31-46)40-21-23-41(24-22-40)43-27-32-48(33-28-43)60-55-20-10-8-18-50(55)52-37-56-51(38-57(52)60)49-17-7-9-19-54(49)59(56)47-15-5-2-6-16-47/h1-10,12-13,15-34,36-38H,11,14,35H2. The largest absolute Gasteiger partial charge is 0.341 e. The first-order valence-electron chi connectivity index (χ1n) is 21.0. The highest BCUT2D eigenvalue weighted by Gasteiger charge is 2.20. The van der Waals surface area contributed by atoms with Crippen LogP contribution in [0, 0.1) is 0 Å². The third-order valence-electron chi connectivity index (χ3n) is 12.6. The minimum atomic E-state index is 1.03. The van der Waals surface area contributed by atoms with E-state index in [1.807, 2.05) is 0 Å². The number of hydrogen-bond acceptors (Lipinski definition) is 1. The van der Waals surface area contributed by atoms with Gasteiger partial charge in [0.1, 0.15) is 0 Å². The molecular formula is C57H41N3. The molecule has 0 bridgehead atoms. The molecule has 3 heteroatoms. The van der Waals surface area contributed by atoms with Crippen LogP contribution in [0.2, 0.25) is 0 Å². The summed E-state index contributed by atoms with van der Waals surface area (Å²) in [6.45, 7) is 1.03. The van der Waals surface area contributed by atoms with Gasteiger partial charge in [-0.3, -0.25) is 0 Å². The Morgan fingerprint density at radius 3 is 1.30 bits per heavy atom. The molecule has 2 aromatic heterocycles. The normalized spacial score (nSPS) is 12.8. The van der Waals surface area contributed by atoms with Crippen LogP contribution in [0.4, 0.5) is 11.4 Å². The smallest absolute Gasteiger partial charge is 0.0548 e. The van der Waals surface area contributed by atoms with Gasteiger partial charge in [-0.15, -0.1) is 0 Å². The monoisotopic (exact) mass is 767 g/mol. The first-order valence-corrected chi connectivity index (χ1v) is 21.0.